The molecule has 0 aromatic carbocycles. The van der Waals surface area contributed by atoms with Crippen LogP contribution in [-0.2, 0) is 0 Å². The highest BCUT2D eigenvalue weighted by molar-refractivity contribution is 7.07. The van der Waals surface area contributed by atoms with Gasteiger partial charge in [-0.1, -0.05) is 0 Å². The number of pyridine rings is 1. The van der Waals surface area contributed by atoms with Crippen LogP contribution in [-0.4, -0.2) is 32.6 Å². The van der Waals surface area contributed by atoms with Crippen LogP contribution >= 0.6 is 11.3 Å². The molecule has 0 amide bonds. The van der Waals surface area contributed by atoms with E-state index in [9.17, 15) is 20.0 Å². The predicted molar refractivity (Wildman–Crippen MR) is 75.6 cm³/mol. The van der Waals surface area contributed by atoms with Gasteiger partial charge >= 0.3 is 11.7 Å². The Bertz CT molecular complexity index is 659. The van der Waals surface area contributed by atoms with Crippen molar-refractivity contribution >= 4 is 28.8 Å². The Labute approximate surface area is 122 Å². The number of hydrogen-bond acceptors (Lipinski definition) is 7. The number of rotatable bonds is 6. The minimum absolute atomic E-state index is 0.0248. The molecule has 110 valence electrons. The molecule has 2 heterocycles. The number of aromatic nitrogens is 1. The molecule has 9 heteroatoms. The van der Waals surface area contributed by atoms with Gasteiger partial charge in [-0.2, -0.15) is 11.3 Å². The fourth-order valence-electron chi connectivity index (χ4n) is 1.62. The average Bonchev–Trinajstić information content (AvgIpc) is 2.98. The normalized spacial score (nSPS) is 11.9. The lowest BCUT2D eigenvalue weighted by Gasteiger charge is -2.11. The van der Waals surface area contributed by atoms with E-state index in [0.29, 0.717) is 5.56 Å². The summed E-state index contributed by atoms with van der Waals surface area (Å²) in [5.74, 6) is -1.38. The lowest BCUT2D eigenvalue weighted by molar-refractivity contribution is -0.384. The Morgan fingerprint density at radius 2 is 2.33 bits per heavy atom. The maximum atomic E-state index is 10.9. The third kappa shape index (κ3) is 3.52. The molecule has 8 nitrogen and oxygen atoms in total. The monoisotopic (exact) mass is 309 g/mol. The first-order valence-corrected chi connectivity index (χ1v) is 6.75. The molecule has 0 fully saturated rings. The van der Waals surface area contributed by atoms with E-state index in [1.807, 2.05) is 0 Å². The van der Waals surface area contributed by atoms with Gasteiger partial charge in [0.05, 0.1) is 16.6 Å². The summed E-state index contributed by atoms with van der Waals surface area (Å²) in [5, 5.41) is 35.9. The van der Waals surface area contributed by atoms with Crippen LogP contribution in [0.15, 0.2) is 29.1 Å². The first-order chi connectivity index (χ1) is 9.99. The Balaban J connectivity index is 2.16. The largest absolute Gasteiger partial charge is 0.478 e. The predicted octanol–water partition coefficient (Wildman–Crippen LogP) is 1.89. The number of nitro groups is 1. The number of thiophene rings is 1. The number of nitrogens with zero attached hydrogens (tertiary/aromatic N) is 2. The van der Waals surface area contributed by atoms with Gasteiger partial charge in [0, 0.05) is 18.8 Å². The highest BCUT2D eigenvalue weighted by Crippen LogP contribution is 2.24. The highest BCUT2D eigenvalue weighted by Gasteiger charge is 2.19. The number of hydrogen-bond donors (Lipinski definition) is 3. The number of aliphatic hydroxyl groups excluding tert-OH is 1. The molecule has 2 aromatic heterocycles. The molecule has 0 radical (unpaired) electrons. The zero-order valence-corrected chi connectivity index (χ0v) is 11.4. The summed E-state index contributed by atoms with van der Waals surface area (Å²) in [5.41, 5.74) is -0.0321. The van der Waals surface area contributed by atoms with Crippen molar-refractivity contribution in [1.82, 2.24) is 4.98 Å². The number of anilines is 1. The summed E-state index contributed by atoms with van der Waals surface area (Å²) in [6.07, 6.45) is 0.186. The number of carbonyl (C=O) groups is 1. The number of carboxylic acid groups (broad SMARTS) is 1. The average molecular weight is 309 g/mol. The van der Waals surface area contributed by atoms with Crippen molar-refractivity contribution in [3.63, 3.8) is 0 Å². The standard InChI is InChI=1S/C12H11N3O5S/c16-10(7-1-2-21-6-7)5-14-11-9(15(19)20)3-8(4-13-11)12(17)18/h1-4,6,10,16H,5H2,(H,13,14)(H,17,18). The Morgan fingerprint density at radius 3 is 2.90 bits per heavy atom. The molecule has 0 saturated carbocycles. The van der Waals surface area contributed by atoms with Crippen LogP contribution < -0.4 is 5.32 Å². The van der Waals surface area contributed by atoms with Crippen molar-refractivity contribution in [2.24, 2.45) is 0 Å². The zero-order chi connectivity index (χ0) is 15.4. The Morgan fingerprint density at radius 1 is 1.57 bits per heavy atom. The molecule has 0 aliphatic rings. The van der Waals surface area contributed by atoms with Gasteiger partial charge in [-0.3, -0.25) is 10.1 Å². The second-order valence-electron chi connectivity index (χ2n) is 4.11. The highest BCUT2D eigenvalue weighted by atomic mass is 32.1. The van der Waals surface area contributed by atoms with Gasteiger partial charge in [0.1, 0.15) is 0 Å². The van der Waals surface area contributed by atoms with Gasteiger partial charge in [-0.15, -0.1) is 0 Å². The van der Waals surface area contributed by atoms with Gasteiger partial charge in [0.25, 0.3) is 0 Å². The molecule has 0 spiro atoms. The maximum Gasteiger partial charge on any atom is 0.337 e. The van der Waals surface area contributed by atoms with E-state index in [-0.39, 0.29) is 17.9 Å². The Kier molecular flexibility index (Phi) is 4.45. The lowest BCUT2D eigenvalue weighted by atomic mass is 10.2. The van der Waals surface area contributed by atoms with E-state index >= 15 is 0 Å². The molecular formula is C12H11N3O5S. The fourth-order valence-corrected chi connectivity index (χ4v) is 2.33. The van der Waals surface area contributed by atoms with Crippen molar-refractivity contribution in [3.8, 4) is 0 Å². The van der Waals surface area contributed by atoms with Crippen LogP contribution in [0, 0.1) is 10.1 Å². The number of nitrogens with one attached hydrogen (secondary N) is 1. The van der Waals surface area contributed by atoms with Crippen molar-refractivity contribution in [3.05, 3.63) is 50.3 Å². The summed E-state index contributed by atoms with van der Waals surface area (Å²) >= 11 is 1.43. The summed E-state index contributed by atoms with van der Waals surface area (Å²) in [7, 11) is 0. The second-order valence-corrected chi connectivity index (χ2v) is 4.89. The number of aliphatic hydroxyl groups is 1. The molecule has 3 N–H and O–H groups in total. The van der Waals surface area contributed by atoms with Crippen molar-refractivity contribution in [2.45, 2.75) is 6.10 Å². The summed E-state index contributed by atoms with van der Waals surface area (Å²) in [4.78, 5) is 24.7. The summed E-state index contributed by atoms with van der Waals surface area (Å²) in [6.45, 7) is 0.0248. The quantitative estimate of drug-likeness (QED) is 0.549. The van der Waals surface area contributed by atoms with E-state index in [0.717, 1.165) is 12.3 Å². The zero-order valence-electron chi connectivity index (χ0n) is 10.6. The third-order valence-electron chi connectivity index (χ3n) is 2.70. The van der Waals surface area contributed by atoms with Gasteiger partial charge < -0.3 is 15.5 Å². The maximum absolute atomic E-state index is 10.9. The SMILES string of the molecule is O=C(O)c1cnc(NCC(O)c2ccsc2)c([N+](=O)[O-])c1. The summed E-state index contributed by atoms with van der Waals surface area (Å²) in [6, 6.07) is 2.67. The molecule has 2 rings (SSSR count). The topological polar surface area (TPSA) is 126 Å². The lowest BCUT2D eigenvalue weighted by Crippen LogP contribution is -2.14. The molecule has 0 saturated heterocycles. The van der Waals surface area contributed by atoms with E-state index in [1.165, 1.54) is 11.3 Å². The smallest absolute Gasteiger partial charge is 0.337 e. The Hall–Kier alpha value is -2.52. The van der Waals surface area contributed by atoms with Gasteiger partial charge in [-0.25, -0.2) is 9.78 Å². The molecular weight excluding hydrogens is 298 g/mol. The van der Waals surface area contributed by atoms with E-state index < -0.39 is 22.7 Å². The van der Waals surface area contributed by atoms with Crippen molar-refractivity contribution in [2.75, 3.05) is 11.9 Å². The van der Waals surface area contributed by atoms with Crippen LogP contribution in [0.3, 0.4) is 0 Å². The molecule has 21 heavy (non-hydrogen) atoms. The molecule has 0 aliphatic heterocycles. The first-order valence-electron chi connectivity index (χ1n) is 5.81. The van der Waals surface area contributed by atoms with Crippen LogP contribution in [0.4, 0.5) is 11.5 Å². The fraction of sp³-hybridized carbons (Fsp3) is 0.167. The minimum atomic E-state index is -1.30. The van der Waals surface area contributed by atoms with Crippen LogP contribution in [0.5, 0.6) is 0 Å². The molecule has 2 aromatic rings. The minimum Gasteiger partial charge on any atom is -0.478 e. The molecule has 1 unspecified atom stereocenters. The molecule has 1 atom stereocenters. The van der Waals surface area contributed by atoms with E-state index in [1.54, 1.807) is 16.8 Å². The van der Waals surface area contributed by atoms with Crippen LogP contribution in [0.25, 0.3) is 0 Å². The third-order valence-corrected chi connectivity index (χ3v) is 3.40. The second kappa shape index (κ2) is 6.29. The van der Waals surface area contributed by atoms with Gasteiger partial charge in [-0.05, 0) is 22.4 Å². The summed E-state index contributed by atoms with van der Waals surface area (Å²) < 4.78 is 0. The molecule has 0 bridgehead atoms. The van der Waals surface area contributed by atoms with Crippen molar-refractivity contribution in [1.29, 1.82) is 0 Å². The van der Waals surface area contributed by atoms with Crippen LogP contribution in [0.2, 0.25) is 0 Å². The van der Waals surface area contributed by atoms with Crippen LogP contribution in [0.1, 0.15) is 22.0 Å². The van der Waals surface area contributed by atoms with E-state index in [4.69, 9.17) is 5.11 Å². The van der Waals surface area contributed by atoms with E-state index in [2.05, 4.69) is 10.3 Å². The van der Waals surface area contributed by atoms with Gasteiger partial charge in [0.2, 0.25) is 5.82 Å². The first kappa shape index (κ1) is 14.9. The number of aromatic carboxylic acids is 1. The number of carboxylic acids is 1. The molecule has 0 aliphatic carbocycles. The van der Waals surface area contributed by atoms with Crippen molar-refractivity contribution < 1.29 is 19.9 Å². The van der Waals surface area contributed by atoms with Gasteiger partial charge in [0.15, 0.2) is 0 Å².